The topological polar surface area (TPSA) is 94.7 Å². The van der Waals surface area contributed by atoms with E-state index in [2.05, 4.69) is 20.6 Å². The lowest BCUT2D eigenvalue weighted by molar-refractivity contribution is -0.116. The van der Waals surface area contributed by atoms with Gasteiger partial charge in [-0.2, -0.15) is 0 Å². The number of amides is 1. The van der Waals surface area contributed by atoms with Crippen LogP contribution >= 0.6 is 0 Å². The average Bonchev–Trinajstić information content (AvgIpc) is 3.08. The second-order valence-electron chi connectivity index (χ2n) is 7.51. The molecule has 0 unspecified atom stereocenters. The zero-order chi connectivity index (χ0) is 21.3. The number of fused-ring (bicyclic) bond motifs is 1. The Hall–Kier alpha value is -3.81. The fraction of sp³-hybridized carbons (Fsp3) is 0.227. The van der Waals surface area contributed by atoms with Gasteiger partial charge in [0, 0.05) is 5.69 Å². The molecule has 0 fully saturated rings. The number of carbonyl (C=O) groups excluding carboxylic acids is 1. The molecule has 0 aliphatic rings. The highest BCUT2D eigenvalue weighted by Gasteiger charge is 2.14. The normalized spacial score (nSPS) is 11.0. The van der Waals surface area contributed by atoms with Crippen LogP contribution in [0.4, 0.5) is 5.69 Å². The van der Waals surface area contributed by atoms with Crippen LogP contribution in [-0.4, -0.2) is 30.5 Å². The molecule has 1 N–H and O–H groups in total. The highest BCUT2D eigenvalue weighted by molar-refractivity contribution is 5.90. The maximum absolute atomic E-state index is 12.8. The third kappa shape index (κ3) is 4.12. The van der Waals surface area contributed by atoms with Crippen molar-refractivity contribution in [3.8, 4) is 0 Å². The summed E-state index contributed by atoms with van der Waals surface area (Å²) in [5.41, 5.74) is 5.14. The van der Waals surface area contributed by atoms with Crippen LogP contribution in [0.3, 0.4) is 0 Å². The van der Waals surface area contributed by atoms with Crippen LogP contribution in [0.2, 0.25) is 0 Å². The van der Waals surface area contributed by atoms with Gasteiger partial charge >= 0.3 is 0 Å². The van der Waals surface area contributed by atoms with Crippen LogP contribution in [0.1, 0.15) is 22.3 Å². The third-order valence-corrected chi connectivity index (χ3v) is 4.76. The molecule has 2 aromatic heterocycles. The largest absolute Gasteiger partial charge is 0.325 e. The SMILES string of the molecule is Cc1ccc(Cn2nnc3c(=O)n(CC(=O)Nc4cc(C)cc(C)c4)cnc32)cc1. The van der Waals surface area contributed by atoms with Gasteiger partial charge in [0.1, 0.15) is 12.9 Å². The monoisotopic (exact) mass is 402 g/mol. The van der Waals surface area contributed by atoms with E-state index >= 15 is 0 Å². The minimum atomic E-state index is -0.397. The van der Waals surface area contributed by atoms with Crippen LogP contribution in [0.5, 0.6) is 0 Å². The van der Waals surface area contributed by atoms with Gasteiger partial charge in [-0.25, -0.2) is 9.67 Å². The summed E-state index contributed by atoms with van der Waals surface area (Å²) in [5, 5.41) is 10.9. The first-order valence-electron chi connectivity index (χ1n) is 9.61. The zero-order valence-electron chi connectivity index (χ0n) is 17.1. The maximum atomic E-state index is 12.8. The fourth-order valence-electron chi connectivity index (χ4n) is 3.37. The van der Waals surface area contributed by atoms with Gasteiger partial charge in [-0.15, -0.1) is 5.10 Å². The van der Waals surface area contributed by atoms with Crippen LogP contribution in [0.15, 0.2) is 53.6 Å². The fourth-order valence-corrected chi connectivity index (χ4v) is 3.37. The first-order valence-corrected chi connectivity index (χ1v) is 9.61. The van der Waals surface area contributed by atoms with Crippen LogP contribution < -0.4 is 10.9 Å². The van der Waals surface area contributed by atoms with Crippen LogP contribution in [0.25, 0.3) is 11.2 Å². The lowest BCUT2D eigenvalue weighted by Gasteiger charge is -2.09. The number of carbonyl (C=O) groups is 1. The van der Waals surface area contributed by atoms with Gasteiger partial charge in [0.2, 0.25) is 5.91 Å². The van der Waals surface area contributed by atoms with Crippen molar-refractivity contribution in [2.75, 3.05) is 5.32 Å². The number of aromatic nitrogens is 5. The van der Waals surface area contributed by atoms with E-state index in [1.807, 2.05) is 63.2 Å². The molecule has 0 spiro atoms. The number of rotatable bonds is 5. The van der Waals surface area contributed by atoms with Gasteiger partial charge in [0.25, 0.3) is 5.56 Å². The molecule has 0 radical (unpaired) electrons. The summed E-state index contributed by atoms with van der Waals surface area (Å²) < 4.78 is 2.83. The van der Waals surface area contributed by atoms with E-state index in [-0.39, 0.29) is 18.0 Å². The average molecular weight is 402 g/mol. The zero-order valence-corrected chi connectivity index (χ0v) is 17.1. The van der Waals surface area contributed by atoms with Crippen molar-refractivity contribution in [3.05, 3.63) is 81.4 Å². The first-order chi connectivity index (χ1) is 14.4. The number of nitrogens with zero attached hydrogens (tertiary/aromatic N) is 5. The van der Waals surface area contributed by atoms with Crippen LogP contribution in [0, 0.1) is 20.8 Å². The van der Waals surface area contributed by atoms with Crippen molar-refractivity contribution in [3.63, 3.8) is 0 Å². The minimum Gasteiger partial charge on any atom is -0.325 e. The molecule has 8 heteroatoms. The molecule has 0 atom stereocenters. The Morgan fingerprint density at radius 2 is 1.70 bits per heavy atom. The Labute approximate surface area is 173 Å². The smallest absolute Gasteiger partial charge is 0.283 e. The molecular formula is C22H22N6O2. The second-order valence-corrected chi connectivity index (χ2v) is 7.51. The Balaban J connectivity index is 1.54. The van der Waals surface area contributed by atoms with Gasteiger partial charge < -0.3 is 5.32 Å². The van der Waals surface area contributed by atoms with E-state index in [9.17, 15) is 9.59 Å². The number of anilines is 1. The molecule has 0 bridgehead atoms. The van der Waals surface area contributed by atoms with Gasteiger partial charge in [0.05, 0.1) is 6.54 Å². The summed E-state index contributed by atoms with van der Waals surface area (Å²) in [5.74, 6) is -0.310. The molecule has 1 amide bonds. The van der Waals surface area contributed by atoms with E-state index < -0.39 is 5.56 Å². The molecule has 152 valence electrons. The van der Waals surface area contributed by atoms with Crippen molar-refractivity contribution >= 4 is 22.8 Å². The molecule has 2 aromatic carbocycles. The van der Waals surface area contributed by atoms with E-state index in [4.69, 9.17) is 0 Å². The van der Waals surface area contributed by atoms with Gasteiger partial charge in [-0.1, -0.05) is 41.1 Å². The standard InChI is InChI=1S/C22H22N6O2/c1-14-4-6-17(7-5-14)11-28-21-20(25-26-28)22(30)27(13-23-21)12-19(29)24-18-9-15(2)8-16(3)10-18/h4-10,13H,11-12H2,1-3H3,(H,24,29). The number of hydrogen-bond acceptors (Lipinski definition) is 5. The number of aryl methyl sites for hydroxylation is 3. The van der Waals surface area contributed by atoms with E-state index in [1.165, 1.54) is 16.5 Å². The molecule has 4 aromatic rings. The molecule has 0 aliphatic heterocycles. The number of hydrogen-bond donors (Lipinski definition) is 1. The molecular weight excluding hydrogens is 380 g/mol. The van der Waals surface area contributed by atoms with E-state index in [1.54, 1.807) is 4.68 Å². The van der Waals surface area contributed by atoms with Crippen LogP contribution in [-0.2, 0) is 17.9 Å². The summed E-state index contributed by atoms with van der Waals surface area (Å²) in [6.07, 6.45) is 1.36. The maximum Gasteiger partial charge on any atom is 0.283 e. The lowest BCUT2D eigenvalue weighted by atomic mass is 10.1. The second kappa shape index (κ2) is 7.90. The Bertz CT molecular complexity index is 1270. The van der Waals surface area contributed by atoms with Crippen molar-refractivity contribution in [2.24, 2.45) is 0 Å². The Morgan fingerprint density at radius 3 is 2.40 bits per heavy atom. The third-order valence-electron chi connectivity index (χ3n) is 4.76. The quantitative estimate of drug-likeness (QED) is 0.554. The predicted octanol–water partition coefficient (Wildman–Crippen LogP) is 2.60. The van der Waals surface area contributed by atoms with E-state index in [0.29, 0.717) is 17.9 Å². The summed E-state index contributed by atoms with van der Waals surface area (Å²) in [6.45, 7) is 6.25. The molecule has 2 heterocycles. The molecule has 0 aliphatic carbocycles. The molecule has 4 rings (SSSR count). The summed E-state index contributed by atoms with van der Waals surface area (Å²) >= 11 is 0. The van der Waals surface area contributed by atoms with Gasteiger partial charge in [-0.05, 0) is 49.6 Å². The Kier molecular flexibility index (Phi) is 5.14. The molecule has 30 heavy (non-hydrogen) atoms. The molecule has 8 nitrogen and oxygen atoms in total. The lowest BCUT2D eigenvalue weighted by Crippen LogP contribution is -2.28. The van der Waals surface area contributed by atoms with Crippen molar-refractivity contribution in [2.45, 2.75) is 33.9 Å². The minimum absolute atomic E-state index is 0.142. The van der Waals surface area contributed by atoms with Crippen molar-refractivity contribution in [1.82, 2.24) is 24.5 Å². The number of nitrogens with one attached hydrogen (secondary N) is 1. The number of benzene rings is 2. The van der Waals surface area contributed by atoms with Gasteiger partial charge in [0.15, 0.2) is 11.2 Å². The van der Waals surface area contributed by atoms with E-state index in [0.717, 1.165) is 16.7 Å². The molecule has 0 saturated heterocycles. The summed E-state index contributed by atoms with van der Waals surface area (Å²) in [4.78, 5) is 29.5. The first kappa shape index (κ1) is 19.5. The van der Waals surface area contributed by atoms with Crippen molar-refractivity contribution < 1.29 is 4.79 Å². The molecule has 0 saturated carbocycles. The summed E-state index contributed by atoms with van der Waals surface area (Å²) in [7, 11) is 0. The predicted molar refractivity (Wildman–Crippen MR) is 114 cm³/mol. The highest BCUT2D eigenvalue weighted by atomic mass is 16.2. The Morgan fingerprint density at radius 1 is 1.00 bits per heavy atom. The summed E-state index contributed by atoms with van der Waals surface area (Å²) in [6, 6.07) is 13.8. The van der Waals surface area contributed by atoms with Crippen molar-refractivity contribution in [1.29, 1.82) is 0 Å². The van der Waals surface area contributed by atoms with Gasteiger partial charge in [-0.3, -0.25) is 14.2 Å². The highest BCUT2D eigenvalue weighted by Crippen LogP contribution is 2.14.